The topological polar surface area (TPSA) is 69.0 Å². The third kappa shape index (κ3) is 5.54. The Balaban J connectivity index is 1.47. The first-order chi connectivity index (χ1) is 17.1. The van der Waals surface area contributed by atoms with Gasteiger partial charge in [-0.25, -0.2) is 4.39 Å². The van der Waals surface area contributed by atoms with E-state index >= 15 is 0 Å². The highest BCUT2D eigenvalue weighted by Crippen LogP contribution is 2.37. The van der Waals surface area contributed by atoms with Crippen LogP contribution in [0.2, 0.25) is 0 Å². The minimum Gasteiger partial charge on any atom is -0.485 e. The maximum atomic E-state index is 13.6. The molecule has 0 aliphatic heterocycles. The number of amides is 1. The normalized spacial score (nSPS) is 13.9. The highest BCUT2D eigenvalue weighted by molar-refractivity contribution is 8.00. The van der Waals surface area contributed by atoms with Crippen molar-refractivity contribution in [3.8, 4) is 11.4 Å². The van der Waals surface area contributed by atoms with Gasteiger partial charge in [-0.3, -0.25) is 9.36 Å². The van der Waals surface area contributed by atoms with Gasteiger partial charge in [-0.2, -0.15) is 0 Å². The highest BCUT2D eigenvalue weighted by Gasteiger charge is 2.31. The number of carbonyl (C=O) groups excluding carboxylic acids is 1. The zero-order valence-corrected chi connectivity index (χ0v) is 20.0. The number of thioether (sulfide) groups is 1. The lowest BCUT2D eigenvalue weighted by Gasteiger charge is -2.18. The van der Waals surface area contributed by atoms with Gasteiger partial charge >= 0.3 is 0 Å². The number of carbonyl (C=O) groups is 1. The molecule has 1 unspecified atom stereocenters. The first kappa shape index (κ1) is 23.1. The van der Waals surface area contributed by atoms with Gasteiger partial charge in [-0.15, -0.1) is 10.2 Å². The summed E-state index contributed by atoms with van der Waals surface area (Å²) in [6.07, 6.45) is 1.96. The Morgan fingerprint density at radius 1 is 1.06 bits per heavy atom. The molecule has 1 amide bonds. The molecule has 0 radical (unpaired) electrons. The van der Waals surface area contributed by atoms with Crippen LogP contribution in [0.25, 0.3) is 5.69 Å². The summed E-state index contributed by atoms with van der Waals surface area (Å²) in [7, 11) is 0. The molecule has 3 aromatic carbocycles. The van der Waals surface area contributed by atoms with Gasteiger partial charge < -0.3 is 10.1 Å². The minimum atomic E-state index is -0.604. The Kier molecular flexibility index (Phi) is 6.81. The van der Waals surface area contributed by atoms with E-state index in [-0.39, 0.29) is 24.4 Å². The summed E-state index contributed by atoms with van der Waals surface area (Å²) in [6, 6.07) is 23.8. The number of para-hydroxylation sites is 2. The number of ether oxygens (including phenoxy) is 1. The van der Waals surface area contributed by atoms with Crippen LogP contribution in [-0.2, 0) is 11.4 Å². The molecule has 0 saturated heterocycles. The predicted molar refractivity (Wildman–Crippen MR) is 133 cm³/mol. The summed E-state index contributed by atoms with van der Waals surface area (Å²) in [5, 5.41) is 11.9. The van der Waals surface area contributed by atoms with Crippen molar-refractivity contribution in [2.45, 2.75) is 42.8 Å². The fraction of sp³-hybridized carbons (Fsp3) is 0.222. The average molecular weight is 489 g/mol. The van der Waals surface area contributed by atoms with Crippen molar-refractivity contribution < 1.29 is 13.9 Å². The molecular weight excluding hydrogens is 463 g/mol. The molecule has 8 heteroatoms. The number of halogens is 1. The molecule has 1 N–H and O–H groups in total. The van der Waals surface area contributed by atoms with Crippen molar-refractivity contribution >= 4 is 17.7 Å². The molecule has 0 bridgehead atoms. The second-order valence-corrected chi connectivity index (χ2v) is 9.53. The van der Waals surface area contributed by atoms with E-state index in [1.807, 2.05) is 66.1 Å². The zero-order valence-electron chi connectivity index (χ0n) is 19.2. The molecule has 6 nitrogen and oxygen atoms in total. The maximum absolute atomic E-state index is 13.6. The van der Waals surface area contributed by atoms with Gasteiger partial charge in [0.2, 0.25) is 5.91 Å². The van der Waals surface area contributed by atoms with Gasteiger partial charge in [-0.1, -0.05) is 60.3 Å². The standard InChI is InChI=1S/C27H25FN4O2S/c1-18-7-5-6-10-23(18)34-17-24-30-31-27(32(24)22-8-3-2-4-9-22)35-25(26(33)29-21-15-16-21)19-11-13-20(28)14-12-19/h2-14,21,25H,15-17H2,1H3,(H,29,33). The van der Waals surface area contributed by atoms with Crippen LogP contribution in [0.15, 0.2) is 84.0 Å². The number of nitrogens with zero attached hydrogens (tertiary/aromatic N) is 3. The van der Waals surface area contributed by atoms with Crippen molar-refractivity contribution in [2.24, 2.45) is 0 Å². The molecule has 5 rings (SSSR count). The van der Waals surface area contributed by atoms with Crippen LogP contribution in [0.3, 0.4) is 0 Å². The van der Waals surface area contributed by atoms with Gasteiger partial charge in [0.05, 0.1) is 0 Å². The number of aryl methyl sites for hydroxylation is 1. The number of rotatable bonds is 9. The molecule has 1 heterocycles. The summed E-state index contributed by atoms with van der Waals surface area (Å²) in [4.78, 5) is 13.2. The zero-order chi connectivity index (χ0) is 24.2. The molecule has 1 aliphatic rings. The molecule has 1 fully saturated rings. The van der Waals surface area contributed by atoms with E-state index in [1.54, 1.807) is 12.1 Å². The van der Waals surface area contributed by atoms with Crippen LogP contribution in [0.4, 0.5) is 4.39 Å². The SMILES string of the molecule is Cc1ccccc1OCc1nnc(SC(C(=O)NC2CC2)c2ccc(F)cc2)n1-c1ccccc1. The van der Waals surface area contributed by atoms with Gasteiger partial charge in [0.1, 0.15) is 23.4 Å². The van der Waals surface area contributed by atoms with Crippen LogP contribution >= 0.6 is 11.8 Å². The third-order valence-corrected chi connectivity index (χ3v) is 6.92. The van der Waals surface area contributed by atoms with E-state index in [0.29, 0.717) is 16.5 Å². The van der Waals surface area contributed by atoms with Crippen molar-refractivity contribution in [2.75, 3.05) is 0 Å². The summed E-state index contributed by atoms with van der Waals surface area (Å²) in [5.74, 6) is 0.923. The van der Waals surface area contributed by atoms with Crippen molar-refractivity contribution in [3.05, 3.63) is 102 Å². The summed E-state index contributed by atoms with van der Waals surface area (Å²) < 4.78 is 21.6. The third-order valence-electron chi connectivity index (χ3n) is 5.72. The van der Waals surface area contributed by atoms with Gasteiger partial charge in [0.15, 0.2) is 11.0 Å². The van der Waals surface area contributed by atoms with E-state index in [2.05, 4.69) is 15.5 Å². The second-order valence-electron chi connectivity index (χ2n) is 8.46. The smallest absolute Gasteiger partial charge is 0.238 e. The monoisotopic (exact) mass is 488 g/mol. The molecule has 1 aromatic heterocycles. The highest BCUT2D eigenvalue weighted by atomic mass is 32.2. The Labute approximate surface area is 207 Å². The Bertz CT molecular complexity index is 1310. The minimum absolute atomic E-state index is 0.121. The summed E-state index contributed by atoms with van der Waals surface area (Å²) >= 11 is 1.29. The molecule has 0 spiro atoms. The summed E-state index contributed by atoms with van der Waals surface area (Å²) in [5.41, 5.74) is 2.60. The number of hydrogen-bond donors (Lipinski definition) is 1. The van der Waals surface area contributed by atoms with Gasteiger partial charge in [0, 0.05) is 11.7 Å². The lowest BCUT2D eigenvalue weighted by Crippen LogP contribution is -2.30. The number of nitrogens with one attached hydrogen (secondary N) is 1. The van der Waals surface area contributed by atoms with Crippen LogP contribution in [0, 0.1) is 12.7 Å². The largest absolute Gasteiger partial charge is 0.485 e. The van der Waals surface area contributed by atoms with Gasteiger partial charge in [-0.05, 0) is 61.2 Å². The van der Waals surface area contributed by atoms with Crippen molar-refractivity contribution in [1.29, 1.82) is 0 Å². The fourth-order valence-electron chi connectivity index (χ4n) is 3.69. The van der Waals surface area contributed by atoms with E-state index in [1.165, 1.54) is 23.9 Å². The lowest BCUT2D eigenvalue weighted by atomic mass is 10.1. The molecule has 1 atom stereocenters. The number of aromatic nitrogens is 3. The first-order valence-corrected chi connectivity index (χ1v) is 12.4. The molecule has 35 heavy (non-hydrogen) atoms. The van der Waals surface area contributed by atoms with Crippen molar-refractivity contribution in [1.82, 2.24) is 20.1 Å². The van der Waals surface area contributed by atoms with E-state index in [4.69, 9.17) is 4.74 Å². The predicted octanol–water partition coefficient (Wildman–Crippen LogP) is 5.41. The number of benzene rings is 3. The molecular formula is C27H25FN4O2S. The first-order valence-electron chi connectivity index (χ1n) is 11.5. The van der Waals surface area contributed by atoms with Crippen LogP contribution in [0.5, 0.6) is 5.75 Å². The van der Waals surface area contributed by atoms with Crippen LogP contribution in [-0.4, -0.2) is 26.7 Å². The number of hydrogen-bond acceptors (Lipinski definition) is 5. The maximum Gasteiger partial charge on any atom is 0.238 e. The Hall–Kier alpha value is -3.65. The van der Waals surface area contributed by atoms with Gasteiger partial charge in [0.25, 0.3) is 0 Å². The molecule has 4 aromatic rings. The summed E-state index contributed by atoms with van der Waals surface area (Å²) in [6.45, 7) is 2.20. The average Bonchev–Trinajstić information content (AvgIpc) is 3.60. The van der Waals surface area contributed by atoms with Crippen LogP contribution in [0.1, 0.15) is 35.0 Å². The van der Waals surface area contributed by atoms with Crippen LogP contribution < -0.4 is 10.1 Å². The molecule has 1 saturated carbocycles. The van der Waals surface area contributed by atoms with Crippen molar-refractivity contribution in [3.63, 3.8) is 0 Å². The van der Waals surface area contributed by atoms with E-state index in [9.17, 15) is 9.18 Å². The quantitative estimate of drug-likeness (QED) is 0.319. The Morgan fingerprint density at radius 3 is 2.49 bits per heavy atom. The second kappa shape index (κ2) is 10.3. The Morgan fingerprint density at radius 2 is 1.77 bits per heavy atom. The van der Waals surface area contributed by atoms with E-state index < -0.39 is 5.25 Å². The lowest BCUT2D eigenvalue weighted by molar-refractivity contribution is -0.120. The molecule has 1 aliphatic carbocycles. The molecule has 178 valence electrons. The van der Waals surface area contributed by atoms with E-state index in [0.717, 1.165) is 29.8 Å². The fourth-order valence-corrected chi connectivity index (χ4v) is 4.77.